The molecule has 0 spiro atoms. The van der Waals surface area contributed by atoms with Crippen molar-refractivity contribution < 1.29 is 12.8 Å². The van der Waals surface area contributed by atoms with Crippen LogP contribution in [0.3, 0.4) is 0 Å². The van der Waals surface area contributed by atoms with E-state index < -0.39 is 15.7 Å². The maximum absolute atomic E-state index is 13.6. The van der Waals surface area contributed by atoms with Crippen molar-refractivity contribution in [1.29, 1.82) is 0 Å². The van der Waals surface area contributed by atoms with Crippen LogP contribution in [0.25, 0.3) is 0 Å². The summed E-state index contributed by atoms with van der Waals surface area (Å²) < 4.78 is 38.1. The number of unbranched alkanes of at least 4 members (excludes halogenated alkanes) is 1. The summed E-state index contributed by atoms with van der Waals surface area (Å²) in [6.07, 6.45) is 3.71. The van der Waals surface area contributed by atoms with Crippen molar-refractivity contribution in [3.05, 3.63) is 42.7 Å². The van der Waals surface area contributed by atoms with Crippen LogP contribution in [0.15, 0.2) is 46.8 Å². The molecular weight excluding hydrogens is 329 g/mol. The highest BCUT2D eigenvalue weighted by Gasteiger charge is 2.18. The molecule has 0 heterocycles. The van der Waals surface area contributed by atoms with Gasteiger partial charge in [0.25, 0.3) is 0 Å². The molecule has 134 valence electrons. The number of halogens is 1. The molecule has 7 heteroatoms. The largest absolute Gasteiger partial charge is 0.357 e. The van der Waals surface area contributed by atoms with Gasteiger partial charge in [0.2, 0.25) is 0 Å². The minimum absolute atomic E-state index is 0.0742. The molecule has 0 saturated heterocycles. The summed E-state index contributed by atoms with van der Waals surface area (Å²) in [4.78, 5) is 6.01. The third-order valence-corrected chi connectivity index (χ3v) is 5.11. The van der Waals surface area contributed by atoms with E-state index in [1.54, 1.807) is 0 Å². The molecule has 0 saturated carbocycles. The molecule has 0 bridgehead atoms. The molecule has 0 amide bonds. The fraction of sp³-hybridized carbons (Fsp3) is 0.471. The number of rotatable bonds is 9. The zero-order valence-corrected chi connectivity index (χ0v) is 15.2. The molecule has 1 aromatic carbocycles. The number of nitrogens with one attached hydrogen (secondary N) is 1. The summed E-state index contributed by atoms with van der Waals surface area (Å²) in [5.41, 5.74) is 0. The molecule has 0 radical (unpaired) electrons. The average Bonchev–Trinajstić information content (AvgIpc) is 2.54. The molecule has 5 nitrogen and oxygen atoms in total. The number of hydrogen-bond donors (Lipinski definition) is 1. The lowest BCUT2D eigenvalue weighted by molar-refractivity contribution is 0.470. The molecule has 1 N–H and O–H groups in total. The summed E-state index contributed by atoms with van der Waals surface area (Å²) in [7, 11) is -1.79. The summed E-state index contributed by atoms with van der Waals surface area (Å²) in [6, 6.07) is 5.40. The number of sulfone groups is 1. The first kappa shape index (κ1) is 20.2. The van der Waals surface area contributed by atoms with Gasteiger partial charge in [-0.25, -0.2) is 12.8 Å². The first-order valence-electron chi connectivity index (χ1n) is 8.00. The molecule has 0 aliphatic rings. The highest BCUT2D eigenvalue weighted by Crippen LogP contribution is 2.15. The Bertz CT molecular complexity index is 660. The Balaban J connectivity index is 2.73. The maximum atomic E-state index is 13.6. The topological polar surface area (TPSA) is 61.8 Å². The Hall–Kier alpha value is -1.89. The lowest BCUT2D eigenvalue weighted by atomic mass is 10.3. The molecular formula is C17H26FN3O2S. The second-order valence-electron chi connectivity index (χ2n) is 5.34. The van der Waals surface area contributed by atoms with Crippen LogP contribution in [0, 0.1) is 5.82 Å². The van der Waals surface area contributed by atoms with Crippen LogP contribution in [0.1, 0.15) is 19.8 Å². The number of benzene rings is 1. The number of aliphatic imine (C=N–C) groups is 1. The molecule has 1 rings (SSSR count). The highest BCUT2D eigenvalue weighted by atomic mass is 32.2. The van der Waals surface area contributed by atoms with E-state index in [-0.39, 0.29) is 17.2 Å². The standard InChI is InChI=1S/C17H26FN3O2S/c1-4-6-9-13-21(3)17(19-5-2)20-12-14-24(22,23)16-11-8-7-10-15(16)18/h4,7-8,10-11H,1,5-6,9,12-14H2,2-3H3,(H,19,20). The van der Waals surface area contributed by atoms with Gasteiger partial charge in [-0.1, -0.05) is 18.2 Å². The van der Waals surface area contributed by atoms with Gasteiger partial charge in [0.1, 0.15) is 10.7 Å². The molecule has 0 atom stereocenters. The Kier molecular flexibility index (Phi) is 8.46. The van der Waals surface area contributed by atoms with Gasteiger partial charge in [0.05, 0.1) is 12.3 Å². The van der Waals surface area contributed by atoms with Crippen LogP contribution in [0.4, 0.5) is 4.39 Å². The molecule has 0 aromatic heterocycles. The van der Waals surface area contributed by atoms with E-state index >= 15 is 0 Å². The van der Waals surface area contributed by atoms with Crippen molar-refractivity contribution in [2.75, 3.05) is 32.4 Å². The van der Waals surface area contributed by atoms with Crippen LogP contribution in [0.2, 0.25) is 0 Å². The maximum Gasteiger partial charge on any atom is 0.193 e. The van der Waals surface area contributed by atoms with Crippen molar-refractivity contribution in [3.8, 4) is 0 Å². The quantitative estimate of drug-likeness (QED) is 0.320. The van der Waals surface area contributed by atoms with Crippen LogP contribution < -0.4 is 5.32 Å². The van der Waals surface area contributed by atoms with Gasteiger partial charge in [-0.2, -0.15) is 0 Å². The number of hydrogen-bond acceptors (Lipinski definition) is 3. The third-order valence-electron chi connectivity index (χ3n) is 3.39. The van der Waals surface area contributed by atoms with E-state index in [9.17, 15) is 12.8 Å². The molecule has 0 fully saturated rings. The Morgan fingerprint density at radius 3 is 2.75 bits per heavy atom. The highest BCUT2D eigenvalue weighted by molar-refractivity contribution is 7.91. The second-order valence-corrected chi connectivity index (χ2v) is 7.41. The fourth-order valence-electron chi connectivity index (χ4n) is 2.13. The molecule has 24 heavy (non-hydrogen) atoms. The Labute approximate surface area is 144 Å². The summed E-state index contributed by atoms with van der Waals surface area (Å²) in [6.45, 7) is 7.19. The van der Waals surface area contributed by atoms with E-state index in [0.717, 1.165) is 25.5 Å². The minimum Gasteiger partial charge on any atom is -0.357 e. The predicted octanol–water partition coefficient (Wildman–Crippen LogP) is 2.46. The fourth-order valence-corrected chi connectivity index (χ4v) is 3.33. The van der Waals surface area contributed by atoms with Crippen LogP contribution in [0.5, 0.6) is 0 Å². The van der Waals surface area contributed by atoms with Gasteiger partial charge < -0.3 is 10.2 Å². The molecule has 0 aliphatic carbocycles. The van der Waals surface area contributed by atoms with Gasteiger partial charge in [-0.05, 0) is 31.9 Å². The molecule has 0 aliphatic heterocycles. The zero-order valence-electron chi connectivity index (χ0n) is 14.3. The van der Waals surface area contributed by atoms with Crippen LogP contribution in [-0.2, 0) is 9.84 Å². The lowest BCUT2D eigenvalue weighted by Crippen LogP contribution is -2.39. The van der Waals surface area contributed by atoms with E-state index in [4.69, 9.17) is 0 Å². The summed E-state index contributed by atoms with van der Waals surface area (Å²) in [5, 5.41) is 3.13. The molecule has 0 unspecified atom stereocenters. The smallest absolute Gasteiger partial charge is 0.193 e. The second kappa shape index (κ2) is 10.1. The van der Waals surface area contributed by atoms with Crippen LogP contribution >= 0.6 is 0 Å². The van der Waals surface area contributed by atoms with Crippen molar-refractivity contribution >= 4 is 15.8 Å². The molecule has 1 aromatic rings. The summed E-state index contributed by atoms with van der Waals surface area (Å²) in [5.74, 6) is -0.316. The average molecular weight is 355 g/mol. The third kappa shape index (κ3) is 6.31. The monoisotopic (exact) mass is 355 g/mol. The van der Waals surface area contributed by atoms with Crippen molar-refractivity contribution in [2.24, 2.45) is 4.99 Å². The van der Waals surface area contributed by atoms with Gasteiger partial charge in [0, 0.05) is 20.1 Å². The summed E-state index contributed by atoms with van der Waals surface area (Å²) >= 11 is 0. The Morgan fingerprint density at radius 2 is 2.12 bits per heavy atom. The van der Waals surface area contributed by atoms with Gasteiger partial charge in [-0.15, -0.1) is 6.58 Å². The number of guanidine groups is 1. The van der Waals surface area contributed by atoms with E-state index in [2.05, 4.69) is 16.9 Å². The van der Waals surface area contributed by atoms with Crippen molar-refractivity contribution in [2.45, 2.75) is 24.7 Å². The van der Waals surface area contributed by atoms with E-state index in [0.29, 0.717) is 12.5 Å². The number of allylic oxidation sites excluding steroid dienone is 1. The first-order valence-corrected chi connectivity index (χ1v) is 9.65. The van der Waals surface area contributed by atoms with E-state index in [1.807, 2.05) is 24.9 Å². The first-order chi connectivity index (χ1) is 11.4. The SMILES string of the molecule is C=CCCCN(C)C(=NCCS(=O)(=O)c1ccccc1F)NCC. The predicted molar refractivity (Wildman–Crippen MR) is 96.5 cm³/mol. The van der Waals surface area contributed by atoms with Crippen molar-refractivity contribution in [1.82, 2.24) is 10.2 Å². The van der Waals surface area contributed by atoms with E-state index in [1.165, 1.54) is 18.2 Å². The van der Waals surface area contributed by atoms with Gasteiger partial charge in [-0.3, -0.25) is 4.99 Å². The van der Waals surface area contributed by atoms with Gasteiger partial charge in [0.15, 0.2) is 15.8 Å². The minimum atomic E-state index is -3.69. The van der Waals surface area contributed by atoms with Gasteiger partial charge >= 0.3 is 0 Å². The van der Waals surface area contributed by atoms with Crippen molar-refractivity contribution in [3.63, 3.8) is 0 Å². The van der Waals surface area contributed by atoms with Crippen LogP contribution in [-0.4, -0.2) is 51.7 Å². The number of nitrogens with zero attached hydrogens (tertiary/aromatic N) is 2. The zero-order chi connectivity index (χ0) is 18.0. The Morgan fingerprint density at radius 1 is 1.42 bits per heavy atom. The lowest BCUT2D eigenvalue weighted by Gasteiger charge is -2.21. The normalized spacial score (nSPS) is 12.0.